The van der Waals surface area contributed by atoms with Crippen molar-refractivity contribution in [2.45, 2.75) is 24.2 Å². The quantitative estimate of drug-likeness (QED) is 0.902. The van der Waals surface area contributed by atoms with Crippen LogP contribution in [0, 0.1) is 5.92 Å². The zero-order valence-electron chi connectivity index (χ0n) is 15.2. The normalized spacial score (nSPS) is 23.7. The Morgan fingerprint density at radius 1 is 1.12 bits per heavy atom. The second kappa shape index (κ2) is 6.76. The molecule has 0 radical (unpaired) electrons. The predicted molar refractivity (Wildman–Crippen MR) is 102 cm³/mol. The van der Waals surface area contributed by atoms with Crippen molar-refractivity contribution in [2.24, 2.45) is 11.7 Å². The molecular weight excluding hydrogens is 324 g/mol. The SMILES string of the molecule is COc1ccccc1C1(C(=O)N2C[C@@H](CN)[C@H](c3ccccc3)C2)CC1. The van der Waals surface area contributed by atoms with E-state index in [1.54, 1.807) is 7.11 Å². The van der Waals surface area contributed by atoms with Gasteiger partial charge in [0.15, 0.2) is 0 Å². The van der Waals surface area contributed by atoms with Crippen LogP contribution < -0.4 is 10.5 Å². The topological polar surface area (TPSA) is 55.6 Å². The van der Waals surface area contributed by atoms with Crippen molar-refractivity contribution in [2.75, 3.05) is 26.7 Å². The van der Waals surface area contributed by atoms with Gasteiger partial charge in [0.1, 0.15) is 5.75 Å². The van der Waals surface area contributed by atoms with E-state index in [4.69, 9.17) is 10.5 Å². The van der Waals surface area contributed by atoms with Crippen molar-refractivity contribution in [3.05, 3.63) is 65.7 Å². The number of ether oxygens (including phenoxy) is 1. The molecule has 2 aromatic carbocycles. The van der Waals surface area contributed by atoms with Gasteiger partial charge in [-0.1, -0.05) is 48.5 Å². The van der Waals surface area contributed by atoms with Crippen LogP contribution >= 0.6 is 0 Å². The van der Waals surface area contributed by atoms with E-state index in [-0.39, 0.29) is 5.91 Å². The van der Waals surface area contributed by atoms with Crippen molar-refractivity contribution in [3.8, 4) is 5.75 Å². The van der Waals surface area contributed by atoms with E-state index >= 15 is 0 Å². The van der Waals surface area contributed by atoms with Crippen LogP contribution in [0.15, 0.2) is 54.6 Å². The summed E-state index contributed by atoms with van der Waals surface area (Å²) in [6.45, 7) is 2.10. The van der Waals surface area contributed by atoms with Gasteiger partial charge >= 0.3 is 0 Å². The molecule has 2 aromatic rings. The maximum Gasteiger partial charge on any atom is 0.233 e. The lowest BCUT2D eigenvalue weighted by Gasteiger charge is -2.25. The lowest BCUT2D eigenvalue weighted by Crippen LogP contribution is -2.38. The highest BCUT2D eigenvalue weighted by Gasteiger charge is 2.55. The number of hydrogen-bond donors (Lipinski definition) is 1. The Morgan fingerprint density at radius 3 is 2.46 bits per heavy atom. The zero-order chi connectivity index (χ0) is 18.1. The molecule has 4 nitrogen and oxygen atoms in total. The minimum atomic E-state index is -0.405. The zero-order valence-corrected chi connectivity index (χ0v) is 15.2. The van der Waals surface area contributed by atoms with Gasteiger partial charge in [0.2, 0.25) is 5.91 Å². The van der Waals surface area contributed by atoms with Crippen molar-refractivity contribution in [1.82, 2.24) is 4.90 Å². The number of rotatable bonds is 5. The highest BCUT2D eigenvalue weighted by molar-refractivity contribution is 5.92. The van der Waals surface area contributed by atoms with Gasteiger partial charge in [0.05, 0.1) is 12.5 Å². The molecule has 2 fully saturated rings. The summed E-state index contributed by atoms with van der Waals surface area (Å²) in [7, 11) is 1.67. The molecule has 2 atom stereocenters. The van der Waals surface area contributed by atoms with Crippen LogP contribution in [0.25, 0.3) is 0 Å². The molecule has 4 rings (SSSR count). The van der Waals surface area contributed by atoms with Gasteiger partial charge < -0.3 is 15.4 Å². The van der Waals surface area contributed by atoms with Crippen LogP contribution in [0.5, 0.6) is 5.75 Å². The van der Waals surface area contributed by atoms with E-state index in [0.29, 0.717) is 18.4 Å². The number of hydrogen-bond acceptors (Lipinski definition) is 3. The summed E-state index contributed by atoms with van der Waals surface area (Å²) >= 11 is 0. The first-order valence-electron chi connectivity index (χ1n) is 9.37. The summed E-state index contributed by atoms with van der Waals surface area (Å²) in [6.07, 6.45) is 1.79. The summed E-state index contributed by atoms with van der Waals surface area (Å²) < 4.78 is 5.53. The van der Waals surface area contributed by atoms with Gasteiger partial charge in [0, 0.05) is 24.6 Å². The second-order valence-electron chi connectivity index (χ2n) is 7.51. The Kier molecular flexibility index (Phi) is 4.45. The summed E-state index contributed by atoms with van der Waals surface area (Å²) in [5, 5.41) is 0. The third-order valence-electron chi connectivity index (χ3n) is 6.04. The molecule has 0 aromatic heterocycles. The molecule has 1 aliphatic heterocycles. The second-order valence-corrected chi connectivity index (χ2v) is 7.51. The van der Waals surface area contributed by atoms with Gasteiger partial charge in [-0.25, -0.2) is 0 Å². The van der Waals surface area contributed by atoms with Gasteiger partial charge in [-0.3, -0.25) is 4.79 Å². The van der Waals surface area contributed by atoms with Gasteiger partial charge in [0.25, 0.3) is 0 Å². The minimum Gasteiger partial charge on any atom is -0.496 e. The average Bonchev–Trinajstić information content (AvgIpc) is 3.40. The Bertz CT molecular complexity index is 786. The number of para-hydroxylation sites is 1. The van der Waals surface area contributed by atoms with Gasteiger partial charge in [-0.15, -0.1) is 0 Å². The van der Waals surface area contributed by atoms with Crippen LogP contribution in [-0.4, -0.2) is 37.6 Å². The number of nitrogens with two attached hydrogens (primary N) is 1. The average molecular weight is 350 g/mol. The van der Waals surface area contributed by atoms with Crippen molar-refractivity contribution >= 4 is 5.91 Å². The minimum absolute atomic E-state index is 0.235. The molecule has 4 heteroatoms. The number of carbonyl (C=O) groups is 1. The summed E-state index contributed by atoms with van der Waals surface area (Å²) in [5.41, 5.74) is 7.95. The third-order valence-corrected chi connectivity index (χ3v) is 6.04. The Balaban J connectivity index is 1.59. The van der Waals surface area contributed by atoms with Gasteiger partial charge in [-0.05, 0) is 36.9 Å². The summed E-state index contributed by atoms with van der Waals surface area (Å²) in [5.74, 6) is 1.68. The smallest absolute Gasteiger partial charge is 0.233 e. The molecule has 1 amide bonds. The van der Waals surface area contributed by atoms with E-state index in [1.807, 2.05) is 35.2 Å². The lowest BCUT2D eigenvalue weighted by atomic mass is 9.89. The number of benzene rings is 2. The lowest BCUT2D eigenvalue weighted by molar-refractivity contribution is -0.133. The molecule has 1 heterocycles. The molecule has 1 saturated carbocycles. The molecule has 2 aliphatic rings. The highest BCUT2D eigenvalue weighted by Crippen LogP contribution is 2.53. The largest absolute Gasteiger partial charge is 0.496 e. The van der Waals surface area contributed by atoms with Crippen molar-refractivity contribution in [1.29, 1.82) is 0 Å². The van der Waals surface area contributed by atoms with E-state index < -0.39 is 5.41 Å². The standard InChI is InChI=1S/C22H26N2O2/c1-26-20-10-6-5-9-19(20)22(11-12-22)21(25)24-14-17(13-23)18(15-24)16-7-3-2-4-8-16/h2-10,17-18H,11-15,23H2,1H3/t17-,18+/m1/s1. The van der Waals surface area contributed by atoms with Crippen LogP contribution in [0.3, 0.4) is 0 Å². The first-order chi connectivity index (χ1) is 12.7. The molecule has 136 valence electrons. The number of carbonyl (C=O) groups excluding carboxylic acids is 1. The molecule has 1 aliphatic carbocycles. The Morgan fingerprint density at radius 2 is 1.81 bits per heavy atom. The Hall–Kier alpha value is -2.33. The molecule has 1 saturated heterocycles. The van der Waals surface area contributed by atoms with Crippen molar-refractivity contribution < 1.29 is 9.53 Å². The van der Waals surface area contributed by atoms with Crippen LogP contribution in [-0.2, 0) is 10.2 Å². The fourth-order valence-corrected chi connectivity index (χ4v) is 4.42. The number of nitrogens with zero attached hydrogens (tertiary/aromatic N) is 1. The molecule has 0 spiro atoms. The fraction of sp³-hybridized carbons (Fsp3) is 0.409. The van der Waals surface area contributed by atoms with E-state index in [2.05, 4.69) is 24.3 Å². The number of likely N-dealkylation sites (tertiary alicyclic amines) is 1. The third kappa shape index (κ3) is 2.78. The Labute approximate surface area is 155 Å². The van der Waals surface area contributed by atoms with Crippen LogP contribution in [0.2, 0.25) is 0 Å². The molecule has 0 bridgehead atoms. The maximum atomic E-state index is 13.5. The maximum absolute atomic E-state index is 13.5. The van der Waals surface area contributed by atoms with Crippen molar-refractivity contribution in [3.63, 3.8) is 0 Å². The molecule has 26 heavy (non-hydrogen) atoms. The van der Waals surface area contributed by atoms with Crippen LogP contribution in [0.1, 0.15) is 29.9 Å². The van der Waals surface area contributed by atoms with Crippen LogP contribution in [0.4, 0.5) is 0 Å². The summed E-state index contributed by atoms with van der Waals surface area (Å²) in [4.78, 5) is 15.5. The number of methoxy groups -OCH3 is 1. The molecular formula is C22H26N2O2. The van der Waals surface area contributed by atoms with Gasteiger partial charge in [-0.2, -0.15) is 0 Å². The number of amides is 1. The first-order valence-corrected chi connectivity index (χ1v) is 9.37. The summed E-state index contributed by atoms with van der Waals surface area (Å²) in [6, 6.07) is 18.4. The predicted octanol–water partition coefficient (Wildman–Crippen LogP) is 2.93. The van der Waals surface area contributed by atoms with E-state index in [0.717, 1.165) is 37.2 Å². The highest BCUT2D eigenvalue weighted by atomic mass is 16.5. The monoisotopic (exact) mass is 350 g/mol. The molecule has 2 N–H and O–H groups in total. The van der Waals surface area contributed by atoms with E-state index in [9.17, 15) is 4.79 Å². The van der Waals surface area contributed by atoms with E-state index in [1.165, 1.54) is 5.56 Å². The molecule has 0 unspecified atom stereocenters. The fourth-order valence-electron chi connectivity index (χ4n) is 4.42. The first kappa shape index (κ1) is 17.1.